The van der Waals surface area contributed by atoms with Crippen molar-refractivity contribution in [3.8, 4) is 5.75 Å². The second-order valence-corrected chi connectivity index (χ2v) is 6.91. The first kappa shape index (κ1) is 25.2. The first-order chi connectivity index (χ1) is 14.1. The lowest BCUT2D eigenvalue weighted by molar-refractivity contribution is -0.142. The van der Waals surface area contributed by atoms with Crippen molar-refractivity contribution in [2.45, 2.75) is 37.5 Å². The van der Waals surface area contributed by atoms with Crippen molar-refractivity contribution in [3.05, 3.63) is 29.8 Å². The smallest absolute Gasteiger partial charge is 0.326 e. The third kappa shape index (κ3) is 7.89. The van der Waals surface area contributed by atoms with Crippen molar-refractivity contribution in [1.82, 2.24) is 16.0 Å². The van der Waals surface area contributed by atoms with E-state index in [-0.39, 0.29) is 17.9 Å². The number of hydrogen-bond donors (Lipinski definition) is 8. The van der Waals surface area contributed by atoms with E-state index in [1.807, 2.05) is 0 Å². The van der Waals surface area contributed by atoms with Gasteiger partial charge in [-0.3, -0.25) is 14.4 Å². The summed E-state index contributed by atoms with van der Waals surface area (Å²) in [4.78, 5) is 47.9. The number of carboxylic acid groups (broad SMARTS) is 1. The van der Waals surface area contributed by atoms with Gasteiger partial charge < -0.3 is 37.0 Å². The monoisotopic (exact) mass is 442 g/mol. The fourth-order valence-electron chi connectivity index (χ4n) is 2.30. The van der Waals surface area contributed by atoms with Crippen molar-refractivity contribution in [3.63, 3.8) is 0 Å². The fourth-order valence-corrected chi connectivity index (χ4v) is 2.56. The van der Waals surface area contributed by atoms with Crippen LogP contribution in [0.25, 0.3) is 0 Å². The van der Waals surface area contributed by atoms with Crippen molar-refractivity contribution in [1.29, 1.82) is 0 Å². The number of phenolic OH excluding ortho intramolecular Hbond substituents is 1. The van der Waals surface area contributed by atoms with Crippen LogP contribution in [-0.4, -0.2) is 75.5 Å². The number of rotatable bonds is 11. The van der Waals surface area contributed by atoms with Crippen LogP contribution in [0.3, 0.4) is 0 Å². The lowest BCUT2D eigenvalue weighted by Crippen LogP contribution is -2.58. The molecule has 3 amide bonds. The molecule has 0 saturated carbocycles. The second-order valence-electron chi connectivity index (χ2n) is 6.55. The number of carboxylic acids is 1. The molecule has 1 aromatic rings. The first-order valence-electron chi connectivity index (χ1n) is 8.98. The van der Waals surface area contributed by atoms with Crippen molar-refractivity contribution in [2.75, 3.05) is 12.4 Å². The van der Waals surface area contributed by atoms with Gasteiger partial charge in [0.25, 0.3) is 0 Å². The molecule has 12 heteroatoms. The summed E-state index contributed by atoms with van der Waals surface area (Å²) in [6.45, 7) is 0.662. The average molecular weight is 442 g/mol. The Kier molecular flexibility index (Phi) is 10.1. The topological polar surface area (TPSA) is 191 Å². The predicted octanol–water partition coefficient (Wildman–Crippen LogP) is -2.26. The number of benzene rings is 1. The van der Waals surface area contributed by atoms with Gasteiger partial charge in [-0.2, -0.15) is 12.6 Å². The van der Waals surface area contributed by atoms with E-state index in [1.165, 1.54) is 31.2 Å². The van der Waals surface area contributed by atoms with Gasteiger partial charge in [-0.15, -0.1) is 0 Å². The Balaban J connectivity index is 2.78. The Hall–Kier alpha value is -2.83. The maximum absolute atomic E-state index is 12.5. The quantitative estimate of drug-likeness (QED) is 0.176. The zero-order chi connectivity index (χ0) is 22.8. The second kappa shape index (κ2) is 12.0. The van der Waals surface area contributed by atoms with Crippen LogP contribution in [0.2, 0.25) is 0 Å². The maximum Gasteiger partial charge on any atom is 0.326 e. The number of hydrogen-bond acceptors (Lipinski definition) is 8. The van der Waals surface area contributed by atoms with E-state index >= 15 is 0 Å². The molecule has 0 heterocycles. The molecule has 11 nitrogen and oxygen atoms in total. The minimum Gasteiger partial charge on any atom is -0.508 e. The Morgan fingerprint density at radius 2 is 1.47 bits per heavy atom. The van der Waals surface area contributed by atoms with Crippen LogP contribution in [0.5, 0.6) is 5.75 Å². The highest BCUT2D eigenvalue weighted by Gasteiger charge is 2.29. The van der Waals surface area contributed by atoms with Crippen LogP contribution in [0.15, 0.2) is 24.3 Å². The van der Waals surface area contributed by atoms with Gasteiger partial charge in [-0.25, -0.2) is 4.79 Å². The third-order valence-electron chi connectivity index (χ3n) is 4.04. The van der Waals surface area contributed by atoms with E-state index in [4.69, 9.17) is 5.73 Å². The molecular formula is C18H26N4O7S. The highest BCUT2D eigenvalue weighted by Crippen LogP contribution is 2.11. The molecule has 0 aliphatic rings. The van der Waals surface area contributed by atoms with Crippen molar-refractivity contribution < 1.29 is 34.5 Å². The van der Waals surface area contributed by atoms with Gasteiger partial charge >= 0.3 is 5.97 Å². The van der Waals surface area contributed by atoms with Crippen LogP contribution < -0.4 is 21.7 Å². The van der Waals surface area contributed by atoms with Crippen LogP contribution >= 0.6 is 12.6 Å². The molecule has 0 bridgehead atoms. The molecule has 0 aliphatic carbocycles. The lowest BCUT2D eigenvalue weighted by atomic mass is 10.1. The molecule has 30 heavy (non-hydrogen) atoms. The molecule has 8 N–H and O–H groups in total. The number of amides is 3. The Labute approximate surface area is 178 Å². The van der Waals surface area contributed by atoms with Gasteiger partial charge in [0.2, 0.25) is 17.7 Å². The third-order valence-corrected chi connectivity index (χ3v) is 4.40. The molecule has 166 valence electrons. The van der Waals surface area contributed by atoms with Gasteiger partial charge in [0.1, 0.15) is 23.9 Å². The number of carbonyl (C=O) groups excluding carboxylic acids is 3. The number of aromatic hydroxyl groups is 1. The van der Waals surface area contributed by atoms with Crippen LogP contribution in [-0.2, 0) is 25.6 Å². The van der Waals surface area contributed by atoms with Crippen LogP contribution in [0.1, 0.15) is 12.5 Å². The van der Waals surface area contributed by atoms with Gasteiger partial charge in [0, 0.05) is 12.2 Å². The summed E-state index contributed by atoms with van der Waals surface area (Å²) in [7, 11) is 0. The van der Waals surface area contributed by atoms with Gasteiger partial charge in [-0.1, -0.05) is 12.1 Å². The number of nitrogens with one attached hydrogen (secondary N) is 3. The number of phenols is 1. The molecule has 4 atom stereocenters. The van der Waals surface area contributed by atoms with Crippen LogP contribution in [0.4, 0.5) is 0 Å². The van der Waals surface area contributed by atoms with Crippen molar-refractivity contribution in [2.24, 2.45) is 5.73 Å². The predicted molar refractivity (Wildman–Crippen MR) is 110 cm³/mol. The maximum atomic E-state index is 12.5. The minimum absolute atomic E-state index is 0.0158. The van der Waals surface area contributed by atoms with E-state index < -0.39 is 54.5 Å². The molecule has 0 saturated heterocycles. The Bertz CT molecular complexity index is 757. The normalized spacial score (nSPS) is 14.7. The number of aliphatic hydroxyl groups is 1. The van der Waals surface area contributed by atoms with E-state index in [0.29, 0.717) is 5.56 Å². The Morgan fingerprint density at radius 1 is 0.967 bits per heavy atom. The lowest BCUT2D eigenvalue weighted by Gasteiger charge is -2.23. The zero-order valence-electron chi connectivity index (χ0n) is 16.2. The number of aliphatic carboxylic acids is 1. The molecule has 0 fully saturated rings. The van der Waals surface area contributed by atoms with E-state index in [0.717, 1.165) is 0 Å². The SMILES string of the molecule is CC(N)C(=O)NC(CO)C(=O)NC(CS)C(=O)NC(Cc1ccc(O)cc1)C(=O)O. The first-order valence-corrected chi connectivity index (χ1v) is 9.61. The standard InChI is InChI=1S/C18H26N4O7S/c1-9(19)15(25)21-13(7-23)16(26)22-14(8-30)17(27)20-12(18(28)29)6-10-2-4-11(24)5-3-10/h2-5,9,12-14,23-24,30H,6-8,19H2,1H3,(H,20,27)(H,21,25)(H,22,26)(H,28,29). The summed E-state index contributed by atoms with van der Waals surface area (Å²) in [5.41, 5.74) is 5.96. The van der Waals surface area contributed by atoms with E-state index in [9.17, 15) is 34.5 Å². The molecule has 1 aromatic carbocycles. The molecule has 0 aromatic heterocycles. The number of thiol groups is 1. The number of nitrogens with two attached hydrogens (primary N) is 1. The molecule has 0 spiro atoms. The van der Waals surface area contributed by atoms with Gasteiger partial charge in [0.05, 0.1) is 12.6 Å². The van der Waals surface area contributed by atoms with E-state index in [2.05, 4.69) is 28.6 Å². The van der Waals surface area contributed by atoms with E-state index in [1.54, 1.807) is 0 Å². The minimum atomic E-state index is -1.34. The number of carbonyl (C=O) groups is 4. The number of aliphatic hydroxyl groups excluding tert-OH is 1. The molecule has 4 unspecified atom stereocenters. The fraction of sp³-hybridized carbons (Fsp3) is 0.444. The Morgan fingerprint density at radius 3 is 1.93 bits per heavy atom. The zero-order valence-corrected chi connectivity index (χ0v) is 17.1. The summed E-state index contributed by atoms with van der Waals surface area (Å²) in [6, 6.07) is 1.04. The summed E-state index contributed by atoms with van der Waals surface area (Å²) in [6.07, 6.45) is -0.0572. The molecule has 1 rings (SSSR count). The summed E-state index contributed by atoms with van der Waals surface area (Å²) in [5, 5.41) is 34.9. The molecular weight excluding hydrogens is 416 g/mol. The molecule has 0 aliphatic heterocycles. The summed E-state index contributed by atoms with van der Waals surface area (Å²) >= 11 is 3.99. The molecule has 0 radical (unpaired) electrons. The largest absolute Gasteiger partial charge is 0.508 e. The van der Waals surface area contributed by atoms with Crippen LogP contribution in [0, 0.1) is 0 Å². The van der Waals surface area contributed by atoms with Gasteiger partial charge in [0.15, 0.2) is 0 Å². The van der Waals surface area contributed by atoms with Crippen molar-refractivity contribution >= 4 is 36.3 Å². The highest BCUT2D eigenvalue weighted by atomic mass is 32.1. The van der Waals surface area contributed by atoms with Gasteiger partial charge in [-0.05, 0) is 24.6 Å². The summed E-state index contributed by atoms with van der Waals surface area (Å²) in [5.74, 6) is -3.77. The average Bonchev–Trinajstić information content (AvgIpc) is 2.70. The summed E-state index contributed by atoms with van der Waals surface area (Å²) < 4.78 is 0. The highest BCUT2D eigenvalue weighted by molar-refractivity contribution is 7.80.